The predicted molar refractivity (Wildman–Crippen MR) is 140 cm³/mol. The summed E-state index contributed by atoms with van der Waals surface area (Å²) in [5, 5.41) is 4.52. The molecule has 0 spiro atoms. The van der Waals surface area contributed by atoms with Gasteiger partial charge in [-0.05, 0) is 33.7 Å². The minimum atomic E-state index is 0.0779. The van der Waals surface area contributed by atoms with Crippen molar-refractivity contribution in [3.63, 3.8) is 0 Å². The highest BCUT2D eigenvalue weighted by Crippen LogP contribution is 2.47. The van der Waals surface area contributed by atoms with Crippen LogP contribution in [0.1, 0.15) is 0 Å². The van der Waals surface area contributed by atoms with Crippen molar-refractivity contribution in [1.29, 1.82) is 0 Å². The molecule has 2 heterocycles. The van der Waals surface area contributed by atoms with Crippen molar-refractivity contribution in [2.45, 2.75) is 0 Å². The quantitative estimate of drug-likeness (QED) is 0.232. The summed E-state index contributed by atoms with van der Waals surface area (Å²) in [6.45, 7) is 0. The molecule has 0 N–H and O–H groups in total. The van der Waals surface area contributed by atoms with Crippen LogP contribution in [0.3, 0.4) is 0 Å². The fourth-order valence-electron chi connectivity index (χ4n) is 4.02. The molecule has 2 unspecified atom stereocenters. The fraction of sp³-hybridized carbons (Fsp3) is 0. The van der Waals surface area contributed by atoms with Crippen LogP contribution in [0.15, 0.2) is 110 Å². The van der Waals surface area contributed by atoms with Gasteiger partial charge in [0, 0.05) is 35.9 Å². The van der Waals surface area contributed by atoms with Crippen molar-refractivity contribution in [1.82, 2.24) is 18.6 Å². The molecule has 2 atom stereocenters. The Morgan fingerprint density at radius 1 is 0.559 bits per heavy atom. The van der Waals surface area contributed by atoms with Crippen molar-refractivity contribution >= 4 is 39.5 Å². The molecule has 0 radical (unpaired) electrons. The zero-order valence-electron chi connectivity index (χ0n) is 18.0. The second-order valence-corrected chi connectivity index (χ2v) is 9.45. The Hall–Kier alpha value is -3.72. The molecule has 2 aromatic heterocycles. The molecule has 0 saturated carbocycles. The molecule has 0 saturated heterocycles. The molecule has 0 aliphatic heterocycles. The molecule has 0 aliphatic carbocycles. The van der Waals surface area contributed by atoms with Crippen LogP contribution < -0.4 is 9.05 Å². The Bertz CT molecular complexity index is 1450. The van der Waals surface area contributed by atoms with E-state index in [-0.39, 0.29) is 17.9 Å². The Balaban J connectivity index is 1.56. The van der Waals surface area contributed by atoms with Crippen molar-refractivity contribution in [3.8, 4) is 22.6 Å². The van der Waals surface area contributed by atoms with Gasteiger partial charge in [-0.2, -0.15) is 0 Å². The van der Waals surface area contributed by atoms with Gasteiger partial charge >= 0.3 is 0 Å². The van der Waals surface area contributed by atoms with E-state index in [0.717, 1.165) is 44.2 Å². The minimum Gasteiger partial charge on any atom is -0.455 e. The lowest BCUT2D eigenvalue weighted by Crippen LogP contribution is -1.94. The monoisotopic (exact) mass is 482 g/mol. The summed E-state index contributed by atoms with van der Waals surface area (Å²) in [5.41, 5.74) is 2.04. The minimum absolute atomic E-state index is 0.0779. The van der Waals surface area contributed by atoms with Gasteiger partial charge < -0.3 is 9.05 Å². The molecule has 8 heteroatoms. The zero-order chi connectivity index (χ0) is 22.7. The summed E-state index contributed by atoms with van der Waals surface area (Å²) in [6.07, 6.45) is 10.8. The third kappa shape index (κ3) is 4.03. The van der Waals surface area contributed by atoms with Gasteiger partial charge in [0.05, 0.1) is 0 Å². The molecule has 0 bridgehead atoms. The highest BCUT2D eigenvalue weighted by Gasteiger charge is 2.19. The second kappa shape index (κ2) is 9.26. The number of hydrogen-bond acceptors (Lipinski definition) is 4. The third-order valence-electron chi connectivity index (χ3n) is 5.56. The zero-order valence-corrected chi connectivity index (χ0v) is 20.0. The second-order valence-electron chi connectivity index (χ2n) is 7.65. The van der Waals surface area contributed by atoms with Gasteiger partial charge in [-0.3, -0.25) is 8.68 Å². The molecular weight excluding hydrogens is 462 g/mol. The van der Waals surface area contributed by atoms with Crippen LogP contribution in [0.4, 0.5) is 0 Å². The van der Waals surface area contributed by atoms with Crippen LogP contribution in [0.2, 0.25) is 0 Å². The van der Waals surface area contributed by atoms with E-state index in [1.165, 1.54) is 0 Å². The molecule has 4 aromatic carbocycles. The summed E-state index contributed by atoms with van der Waals surface area (Å²) >= 11 is 0. The van der Waals surface area contributed by atoms with Gasteiger partial charge in [0.15, 0.2) is 17.9 Å². The summed E-state index contributed by atoms with van der Waals surface area (Å²) in [5.74, 6) is 1.61. The fourth-order valence-corrected chi connectivity index (χ4v) is 5.25. The standard InChI is InChI=1S/C26H20N4O2P2/c1-3-7-21-19(5-1)9-11-23(31-33-29-15-13-27-17-29)25(21)26-22-8-4-2-6-20(22)10-12-24(26)32-34-30-16-14-28-18-30/h1-18,33-34H. The molecule has 6 aromatic rings. The van der Waals surface area contributed by atoms with Gasteiger partial charge in [0.25, 0.3) is 0 Å². The SMILES string of the molecule is c1ccc2c(-c3c(OPn4ccnc4)ccc4ccccc34)c(OPn3ccnc3)ccc2c1. The van der Waals surface area contributed by atoms with Crippen LogP contribution >= 0.6 is 17.9 Å². The van der Waals surface area contributed by atoms with Gasteiger partial charge in [0.1, 0.15) is 24.2 Å². The lowest BCUT2D eigenvalue weighted by molar-refractivity contribution is 0.617. The van der Waals surface area contributed by atoms with E-state index in [0.29, 0.717) is 0 Å². The molecular formula is C26H20N4O2P2. The average Bonchev–Trinajstić information content (AvgIpc) is 3.60. The van der Waals surface area contributed by atoms with Crippen LogP contribution in [0, 0.1) is 0 Å². The van der Waals surface area contributed by atoms with Crippen molar-refractivity contribution in [2.24, 2.45) is 0 Å². The summed E-state index contributed by atoms with van der Waals surface area (Å²) in [7, 11) is 0.156. The van der Waals surface area contributed by atoms with E-state index in [1.807, 2.05) is 33.2 Å². The topological polar surface area (TPSA) is 54.1 Å². The maximum atomic E-state index is 6.38. The summed E-state index contributed by atoms with van der Waals surface area (Å²) in [4.78, 5) is 8.26. The molecule has 0 amide bonds. The summed E-state index contributed by atoms with van der Waals surface area (Å²) < 4.78 is 16.6. The van der Waals surface area contributed by atoms with Crippen molar-refractivity contribution < 1.29 is 9.05 Å². The first-order valence-corrected chi connectivity index (χ1v) is 12.4. The first kappa shape index (κ1) is 20.9. The van der Waals surface area contributed by atoms with E-state index in [9.17, 15) is 0 Å². The average molecular weight is 482 g/mol. The van der Waals surface area contributed by atoms with Gasteiger partial charge in [-0.25, -0.2) is 9.97 Å². The summed E-state index contributed by atoms with van der Waals surface area (Å²) in [6, 6.07) is 25.1. The molecule has 0 fully saturated rings. The lowest BCUT2D eigenvalue weighted by atomic mass is 9.92. The van der Waals surface area contributed by atoms with Crippen molar-refractivity contribution in [3.05, 3.63) is 110 Å². The normalized spacial score (nSPS) is 11.9. The smallest absolute Gasteiger partial charge is 0.182 e. The first-order valence-electron chi connectivity index (χ1n) is 10.7. The Kier molecular flexibility index (Phi) is 5.68. The van der Waals surface area contributed by atoms with Gasteiger partial charge in [0.2, 0.25) is 0 Å². The number of aromatic nitrogens is 4. The first-order chi connectivity index (χ1) is 16.9. The van der Waals surface area contributed by atoms with Gasteiger partial charge in [-0.15, -0.1) is 0 Å². The van der Waals surface area contributed by atoms with Crippen LogP contribution in [0.25, 0.3) is 32.7 Å². The number of nitrogens with zero attached hydrogens (tertiary/aromatic N) is 4. The lowest BCUT2D eigenvalue weighted by Gasteiger charge is -2.19. The maximum Gasteiger partial charge on any atom is 0.182 e. The van der Waals surface area contributed by atoms with Crippen molar-refractivity contribution in [2.75, 3.05) is 0 Å². The van der Waals surface area contributed by atoms with E-state index in [2.05, 4.69) is 70.6 Å². The Morgan fingerprint density at radius 3 is 1.47 bits per heavy atom. The number of fused-ring (bicyclic) bond motifs is 2. The highest BCUT2D eigenvalue weighted by atomic mass is 31.1. The van der Waals surface area contributed by atoms with Crippen LogP contribution in [-0.2, 0) is 0 Å². The molecule has 0 aliphatic rings. The van der Waals surface area contributed by atoms with Gasteiger partial charge in [-0.1, -0.05) is 60.7 Å². The molecule has 6 rings (SSSR count). The van der Waals surface area contributed by atoms with E-state index < -0.39 is 0 Å². The highest BCUT2D eigenvalue weighted by molar-refractivity contribution is 7.31. The molecule has 166 valence electrons. The number of hydrogen-bond donors (Lipinski definition) is 0. The Labute approximate surface area is 200 Å². The number of rotatable bonds is 7. The molecule has 34 heavy (non-hydrogen) atoms. The van der Waals surface area contributed by atoms with Crippen LogP contribution in [-0.4, -0.2) is 18.6 Å². The van der Waals surface area contributed by atoms with E-state index in [1.54, 1.807) is 25.0 Å². The maximum absolute atomic E-state index is 6.38. The largest absolute Gasteiger partial charge is 0.455 e. The number of benzene rings is 4. The Morgan fingerprint density at radius 2 is 1.03 bits per heavy atom. The third-order valence-corrected chi connectivity index (χ3v) is 7.14. The van der Waals surface area contributed by atoms with E-state index >= 15 is 0 Å². The predicted octanol–water partition coefficient (Wildman–Crippen LogP) is 6.92. The van der Waals surface area contributed by atoms with Crippen LogP contribution in [0.5, 0.6) is 11.5 Å². The number of imidazole rings is 2. The molecule has 6 nitrogen and oxygen atoms in total. The van der Waals surface area contributed by atoms with E-state index in [4.69, 9.17) is 9.05 Å².